The number of ether oxygens (including phenoxy) is 1. The quantitative estimate of drug-likeness (QED) is 0.731. The van der Waals surface area contributed by atoms with Crippen LogP contribution in [0.15, 0.2) is 48.8 Å². The second-order valence-corrected chi connectivity index (χ2v) is 5.95. The first kappa shape index (κ1) is 15.6. The van der Waals surface area contributed by atoms with Crippen LogP contribution in [0.1, 0.15) is 6.92 Å². The molecule has 25 heavy (non-hydrogen) atoms. The monoisotopic (exact) mass is 335 g/mol. The Morgan fingerprint density at radius 1 is 0.920 bits per heavy atom. The normalized spacial score (nSPS) is 14.8. The number of para-hydroxylation sites is 2. The minimum atomic E-state index is 0.644. The van der Waals surface area contributed by atoms with Gasteiger partial charge in [0.2, 0.25) is 0 Å². The minimum Gasteiger partial charge on any atom is -0.490 e. The lowest BCUT2D eigenvalue weighted by atomic mass is 10.2. The van der Waals surface area contributed by atoms with Gasteiger partial charge in [0, 0.05) is 32.4 Å². The van der Waals surface area contributed by atoms with E-state index in [9.17, 15) is 0 Å². The number of anilines is 2. The first-order valence-electron chi connectivity index (χ1n) is 8.64. The fourth-order valence-electron chi connectivity index (χ4n) is 3.14. The summed E-state index contributed by atoms with van der Waals surface area (Å²) in [5.74, 6) is 2.71. The third-order valence-electron chi connectivity index (χ3n) is 4.39. The van der Waals surface area contributed by atoms with Crippen LogP contribution in [-0.4, -0.2) is 47.7 Å². The van der Waals surface area contributed by atoms with E-state index in [4.69, 9.17) is 9.72 Å². The van der Waals surface area contributed by atoms with Crippen molar-refractivity contribution in [3.8, 4) is 5.75 Å². The molecular formula is C19H21N5O. The fraction of sp³-hybridized carbons (Fsp3) is 0.316. The van der Waals surface area contributed by atoms with Crippen LogP contribution in [0, 0.1) is 0 Å². The van der Waals surface area contributed by atoms with Crippen LogP contribution in [0.5, 0.6) is 5.75 Å². The van der Waals surface area contributed by atoms with Crippen molar-refractivity contribution in [1.29, 1.82) is 0 Å². The summed E-state index contributed by atoms with van der Waals surface area (Å²) in [6.07, 6.45) is 3.68. The van der Waals surface area contributed by atoms with Crippen molar-refractivity contribution in [2.75, 3.05) is 42.6 Å². The molecule has 1 aromatic carbocycles. The van der Waals surface area contributed by atoms with E-state index in [0.717, 1.165) is 54.6 Å². The Labute approximate surface area is 147 Å². The highest BCUT2D eigenvalue weighted by Crippen LogP contribution is 2.27. The Bertz CT molecular complexity index is 861. The van der Waals surface area contributed by atoms with Crippen molar-refractivity contribution in [2.24, 2.45) is 0 Å². The Kier molecular flexibility index (Phi) is 4.33. The number of pyridine rings is 1. The van der Waals surface area contributed by atoms with Crippen LogP contribution in [0.3, 0.4) is 0 Å². The maximum atomic E-state index is 5.71. The molecule has 1 saturated heterocycles. The van der Waals surface area contributed by atoms with Crippen LogP contribution in [0.4, 0.5) is 11.6 Å². The van der Waals surface area contributed by atoms with Gasteiger partial charge in [-0.2, -0.15) is 0 Å². The summed E-state index contributed by atoms with van der Waals surface area (Å²) in [6, 6.07) is 11.9. The number of fused-ring (bicyclic) bond motifs is 1. The highest BCUT2D eigenvalue weighted by Gasteiger charge is 2.21. The second kappa shape index (κ2) is 6.93. The van der Waals surface area contributed by atoms with Gasteiger partial charge in [-0.15, -0.1) is 0 Å². The smallest absolute Gasteiger partial charge is 0.171 e. The molecular weight excluding hydrogens is 314 g/mol. The molecule has 0 radical (unpaired) electrons. The van der Waals surface area contributed by atoms with Gasteiger partial charge in [-0.05, 0) is 31.2 Å². The third kappa shape index (κ3) is 3.20. The molecule has 0 aliphatic carbocycles. The standard InChI is InChI=1S/C19H21N5O/c1-2-25-17-8-5-9-20-19(17)24-12-10-23(11-13-24)18-14-21-15-6-3-4-7-16(15)22-18/h3-9,14H,2,10-13H2,1H3. The van der Waals surface area contributed by atoms with Gasteiger partial charge in [-0.1, -0.05) is 12.1 Å². The van der Waals surface area contributed by atoms with Crippen LogP contribution >= 0.6 is 0 Å². The van der Waals surface area contributed by atoms with Gasteiger partial charge < -0.3 is 14.5 Å². The van der Waals surface area contributed by atoms with Gasteiger partial charge in [0.1, 0.15) is 5.82 Å². The van der Waals surface area contributed by atoms with Crippen molar-refractivity contribution in [3.05, 3.63) is 48.8 Å². The van der Waals surface area contributed by atoms with Crippen molar-refractivity contribution in [3.63, 3.8) is 0 Å². The van der Waals surface area contributed by atoms with E-state index in [1.807, 2.05) is 55.7 Å². The largest absolute Gasteiger partial charge is 0.490 e. The second-order valence-electron chi connectivity index (χ2n) is 5.95. The first-order chi connectivity index (χ1) is 12.3. The van der Waals surface area contributed by atoms with E-state index in [0.29, 0.717) is 6.61 Å². The Hall–Kier alpha value is -2.89. The molecule has 3 aromatic rings. The van der Waals surface area contributed by atoms with Gasteiger partial charge in [-0.3, -0.25) is 4.98 Å². The number of hydrogen-bond donors (Lipinski definition) is 0. The molecule has 6 nitrogen and oxygen atoms in total. The Morgan fingerprint density at radius 2 is 1.68 bits per heavy atom. The van der Waals surface area contributed by atoms with Crippen molar-refractivity contribution in [2.45, 2.75) is 6.92 Å². The summed E-state index contributed by atoms with van der Waals surface area (Å²) in [7, 11) is 0. The predicted octanol–water partition coefficient (Wildman–Crippen LogP) is 2.75. The summed E-state index contributed by atoms with van der Waals surface area (Å²) in [6.45, 7) is 6.17. The van der Waals surface area contributed by atoms with E-state index in [-0.39, 0.29) is 0 Å². The van der Waals surface area contributed by atoms with Crippen LogP contribution < -0.4 is 14.5 Å². The molecule has 1 aliphatic heterocycles. The molecule has 0 atom stereocenters. The van der Waals surface area contributed by atoms with Crippen LogP contribution in [0.25, 0.3) is 11.0 Å². The topological polar surface area (TPSA) is 54.4 Å². The number of nitrogens with zero attached hydrogens (tertiary/aromatic N) is 5. The molecule has 0 saturated carbocycles. The zero-order chi connectivity index (χ0) is 17.1. The fourth-order valence-corrected chi connectivity index (χ4v) is 3.14. The van der Waals surface area contributed by atoms with Gasteiger partial charge in [0.05, 0.1) is 23.8 Å². The highest BCUT2D eigenvalue weighted by atomic mass is 16.5. The average Bonchev–Trinajstić information content (AvgIpc) is 2.68. The first-order valence-corrected chi connectivity index (χ1v) is 8.64. The van der Waals surface area contributed by atoms with E-state index in [1.165, 1.54) is 0 Å². The van der Waals surface area contributed by atoms with Gasteiger partial charge in [-0.25, -0.2) is 9.97 Å². The number of hydrogen-bond acceptors (Lipinski definition) is 6. The molecule has 0 amide bonds. The van der Waals surface area contributed by atoms with Crippen LogP contribution in [0.2, 0.25) is 0 Å². The third-order valence-corrected chi connectivity index (χ3v) is 4.39. The van der Waals surface area contributed by atoms with E-state index < -0.39 is 0 Å². The van der Waals surface area contributed by atoms with E-state index in [2.05, 4.69) is 19.8 Å². The molecule has 4 rings (SSSR count). The molecule has 0 bridgehead atoms. The number of piperazine rings is 1. The van der Waals surface area contributed by atoms with Gasteiger partial charge in [0.25, 0.3) is 0 Å². The number of benzene rings is 1. The molecule has 6 heteroatoms. The summed E-state index contributed by atoms with van der Waals surface area (Å²) in [4.78, 5) is 18.3. The summed E-state index contributed by atoms with van der Waals surface area (Å²) >= 11 is 0. The Balaban J connectivity index is 1.49. The highest BCUT2D eigenvalue weighted by molar-refractivity contribution is 5.75. The van der Waals surface area contributed by atoms with Crippen molar-refractivity contribution in [1.82, 2.24) is 15.0 Å². The summed E-state index contributed by atoms with van der Waals surface area (Å²) < 4.78 is 5.71. The molecule has 2 aromatic heterocycles. The number of aromatic nitrogens is 3. The minimum absolute atomic E-state index is 0.644. The van der Waals surface area contributed by atoms with Crippen molar-refractivity contribution >= 4 is 22.7 Å². The lowest BCUT2D eigenvalue weighted by Crippen LogP contribution is -2.47. The molecule has 1 fully saturated rings. The Morgan fingerprint density at radius 3 is 2.48 bits per heavy atom. The van der Waals surface area contributed by atoms with Crippen LogP contribution in [-0.2, 0) is 0 Å². The molecule has 128 valence electrons. The maximum Gasteiger partial charge on any atom is 0.171 e. The SMILES string of the molecule is CCOc1cccnc1N1CCN(c2cnc3ccccc3n2)CC1. The van der Waals surface area contributed by atoms with E-state index >= 15 is 0 Å². The van der Waals surface area contributed by atoms with Crippen molar-refractivity contribution < 1.29 is 4.74 Å². The summed E-state index contributed by atoms with van der Waals surface area (Å²) in [5.41, 5.74) is 1.87. The lowest BCUT2D eigenvalue weighted by molar-refractivity contribution is 0.338. The number of rotatable bonds is 4. The zero-order valence-corrected chi connectivity index (χ0v) is 14.3. The average molecular weight is 335 g/mol. The molecule has 0 unspecified atom stereocenters. The molecule has 3 heterocycles. The molecule has 0 spiro atoms. The molecule has 1 aliphatic rings. The molecule has 0 N–H and O–H groups in total. The lowest BCUT2D eigenvalue weighted by Gasteiger charge is -2.36. The predicted molar refractivity (Wildman–Crippen MR) is 99.4 cm³/mol. The van der Waals surface area contributed by atoms with Gasteiger partial charge >= 0.3 is 0 Å². The van der Waals surface area contributed by atoms with Gasteiger partial charge in [0.15, 0.2) is 11.6 Å². The maximum absolute atomic E-state index is 5.71. The van der Waals surface area contributed by atoms with E-state index in [1.54, 1.807) is 0 Å². The summed E-state index contributed by atoms with van der Waals surface area (Å²) in [5, 5.41) is 0. The zero-order valence-electron chi connectivity index (χ0n) is 14.3.